The largest absolute Gasteiger partial charge is 0.598 e. The highest BCUT2D eigenvalue weighted by molar-refractivity contribution is 7.90. The van der Waals surface area contributed by atoms with Gasteiger partial charge in [0.05, 0.1) is 11.9 Å². The van der Waals surface area contributed by atoms with E-state index in [-0.39, 0.29) is 28.5 Å². The van der Waals surface area contributed by atoms with Crippen LogP contribution in [0.15, 0.2) is 12.3 Å². The van der Waals surface area contributed by atoms with Gasteiger partial charge in [0.15, 0.2) is 0 Å². The molecular formula is C21H40N2O5S. The summed E-state index contributed by atoms with van der Waals surface area (Å²) in [6.45, 7) is 13.9. The van der Waals surface area contributed by atoms with Gasteiger partial charge in [-0.2, -0.15) is 0 Å². The zero-order chi connectivity index (χ0) is 22.2. The van der Waals surface area contributed by atoms with E-state index >= 15 is 0 Å². The fourth-order valence-electron chi connectivity index (χ4n) is 3.34. The standard InChI is InChI=1S/C21H40N2O5S/c1-7-17(12-16-13-18(14(2)24)20(26)28-15(16)3)23-19(25)10-8-9-11-22-29(27)21(4,5)6/h14,16-18,20,22,24,26H,3,7-13H2,1-2,4-6H3,(H,23,25). The van der Waals surface area contributed by atoms with Crippen LogP contribution in [0.3, 0.4) is 0 Å². The number of carbonyl (C=O) groups is 1. The lowest BCUT2D eigenvalue weighted by Crippen LogP contribution is -2.42. The summed E-state index contributed by atoms with van der Waals surface area (Å²) in [5, 5.41) is 22.9. The monoisotopic (exact) mass is 432 g/mol. The first-order valence-electron chi connectivity index (χ1n) is 10.6. The Kier molecular flexibility index (Phi) is 11.0. The third kappa shape index (κ3) is 9.26. The summed E-state index contributed by atoms with van der Waals surface area (Å²) >= 11 is -1.09. The number of aliphatic hydroxyl groups excluding tert-OH is 2. The second-order valence-electron chi connectivity index (χ2n) is 8.95. The van der Waals surface area contributed by atoms with Crippen molar-refractivity contribution < 1.29 is 24.3 Å². The van der Waals surface area contributed by atoms with Crippen LogP contribution in [0.1, 0.15) is 73.1 Å². The average molecular weight is 433 g/mol. The Morgan fingerprint density at radius 2 is 2.07 bits per heavy atom. The topological polar surface area (TPSA) is 114 Å². The van der Waals surface area contributed by atoms with Crippen LogP contribution in [0.2, 0.25) is 0 Å². The number of hydrogen-bond acceptors (Lipinski definition) is 6. The number of carbonyl (C=O) groups excluding carboxylic acids is 1. The molecule has 0 aromatic heterocycles. The molecule has 7 nitrogen and oxygen atoms in total. The van der Waals surface area contributed by atoms with Gasteiger partial charge in [-0.1, -0.05) is 13.5 Å². The highest BCUT2D eigenvalue weighted by Crippen LogP contribution is 2.35. The minimum Gasteiger partial charge on any atom is -0.598 e. The quantitative estimate of drug-likeness (QED) is 0.294. The maximum absolute atomic E-state index is 12.3. The van der Waals surface area contributed by atoms with Gasteiger partial charge in [-0.15, -0.1) is 4.72 Å². The first-order chi connectivity index (χ1) is 13.5. The van der Waals surface area contributed by atoms with E-state index in [1.165, 1.54) is 0 Å². The molecule has 8 heteroatoms. The second-order valence-corrected chi connectivity index (χ2v) is 11.0. The summed E-state index contributed by atoms with van der Waals surface area (Å²) < 4.78 is 20.0. The molecule has 0 aromatic rings. The van der Waals surface area contributed by atoms with E-state index in [0.717, 1.165) is 19.3 Å². The van der Waals surface area contributed by atoms with Crippen molar-refractivity contribution in [3.8, 4) is 0 Å². The van der Waals surface area contributed by atoms with Gasteiger partial charge in [0, 0.05) is 42.2 Å². The van der Waals surface area contributed by atoms with Gasteiger partial charge in [0.1, 0.15) is 4.75 Å². The van der Waals surface area contributed by atoms with Crippen LogP contribution in [0.25, 0.3) is 0 Å². The number of allylic oxidation sites excluding steroid dienone is 1. The van der Waals surface area contributed by atoms with Crippen LogP contribution in [-0.2, 0) is 20.9 Å². The van der Waals surface area contributed by atoms with E-state index in [2.05, 4.69) is 16.6 Å². The molecule has 1 saturated heterocycles. The van der Waals surface area contributed by atoms with Crippen molar-refractivity contribution in [1.82, 2.24) is 10.0 Å². The summed E-state index contributed by atoms with van der Waals surface area (Å²) in [4.78, 5) is 12.3. The molecule has 170 valence electrons. The molecule has 1 heterocycles. The van der Waals surface area contributed by atoms with E-state index in [0.29, 0.717) is 31.6 Å². The van der Waals surface area contributed by atoms with Gasteiger partial charge in [-0.3, -0.25) is 4.79 Å². The zero-order valence-corrected chi connectivity index (χ0v) is 19.4. The molecular weight excluding hydrogens is 392 g/mol. The molecule has 1 aliphatic heterocycles. The predicted molar refractivity (Wildman–Crippen MR) is 116 cm³/mol. The van der Waals surface area contributed by atoms with Gasteiger partial charge in [0.25, 0.3) is 0 Å². The van der Waals surface area contributed by atoms with Gasteiger partial charge in [-0.05, 0) is 59.8 Å². The Morgan fingerprint density at radius 3 is 2.62 bits per heavy atom. The van der Waals surface area contributed by atoms with Crippen LogP contribution in [0, 0.1) is 11.8 Å². The molecule has 0 aliphatic carbocycles. The summed E-state index contributed by atoms with van der Waals surface area (Å²) in [7, 11) is 0. The molecule has 0 saturated carbocycles. The number of hydrogen-bond donors (Lipinski definition) is 4. The van der Waals surface area contributed by atoms with Crippen molar-refractivity contribution in [2.24, 2.45) is 11.8 Å². The van der Waals surface area contributed by atoms with E-state index in [1.807, 2.05) is 27.7 Å². The minimum absolute atomic E-state index is 0.00300. The Hall–Kier alpha value is -0.800. The molecule has 1 amide bonds. The highest BCUT2D eigenvalue weighted by Gasteiger charge is 2.36. The Morgan fingerprint density at radius 1 is 1.41 bits per heavy atom. The van der Waals surface area contributed by atoms with E-state index in [1.54, 1.807) is 6.92 Å². The Bertz CT molecular complexity index is 524. The lowest BCUT2D eigenvalue weighted by atomic mass is 9.83. The van der Waals surface area contributed by atoms with E-state index < -0.39 is 23.8 Å². The Balaban J connectivity index is 2.37. The highest BCUT2D eigenvalue weighted by atomic mass is 32.2. The number of aliphatic hydroxyl groups is 2. The Labute approximate surface area is 179 Å². The first kappa shape index (κ1) is 26.2. The molecule has 0 spiro atoms. The summed E-state index contributed by atoms with van der Waals surface area (Å²) in [5.74, 6) is 0.146. The molecule has 29 heavy (non-hydrogen) atoms. The van der Waals surface area contributed by atoms with Gasteiger partial charge >= 0.3 is 0 Å². The van der Waals surface area contributed by atoms with E-state index in [4.69, 9.17) is 4.74 Å². The van der Waals surface area contributed by atoms with Crippen molar-refractivity contribution >= 4 is 17.3 Å². The number of rotatable bonds is 11. The summed E-state index contributed by atoms with van der Waals surface area (Å²) in [5.41, 5.74) is 0. The number of unbranched alkanes of at least 4 members (excludes halogenated alkanes) is 1. The smallest absolute Gasteiger partial charge is 0.220 e. The van der Waals surface area contributed by atoms with Crippen LogP contribution < -0.4 is 10.0 Å². The molecule has 1 fully saturated rings. The van der Waals surface area contributed by atoms with Gasteiger partial charge < -0.3 is 24.8 Å². The lowest BCUT2D eigenvalue weighted by molar-refractivity contribution is -0.165. The third-order valence-electron chi connectivity index (χ3n) is 5.32. The summed E-state index contributed by atoms with van der Waals surface area (Å²) in [6, 6.07) is -0.00994. The predicted octanol–water partition coefficient (Wildman–Crippen LogP) is 2.36. The maximum atomic E-state index is 12.3. The van der Waals surface area contributed by atoms with Crippen molar-refractivity contribution in [2.75, 3.05) is 6.54 Å². The third-order valence-corrected chi connectivity index (χ3v) is 6.90. The molecule has 0 aromatic carbocycles. The molecule has 0 radical (unpaired) electrons. The second kappa shape index (κ2) is 12.2. The number of ether oxygens (including phenoxy) is 1. The van der Waals surface area contributed by atoms with Crippen LogP contribution in [-0.4, -0.2) is 50.4 Å². The number of amides is 1. The first-order valence-corrected chi connectivity index (χ1v) is 11.8. The maximum Gasteiger partial charge on any atom is 0.220 e. The fraction of sp³-hybridized carbons (Fsp3) is 0.857. The minimum atomic E-state index is -1.09. The molecule has 1 aliphatic rings. The van der Waals surface area contributed by atoms with Crippen LogP contribution in [0.5, 0.6) is 0 Å². The molecule has 6 unspecified atom stereocenters. The molecule has 1 rings (SSSR count). The van der Waals surface area contributed by atoms with Crippen molar-refractivity contribution in [3.05, 3.63) is 12.3 Å². The van der Waals surface area contributed by atoms with Crippen LogP contribution >= 0.6 is 0 Å². The molecule has 0 bridgehead atoms. The van der Waals surface area contributed by atoms with Crippen LogP contribution in [0.4, 0.5) is 0 Å². The van der Waals surface area contributed by atoms with Crippen molar-refractivity contribution in [3.63, 3.8) is 0 Å². The average Bonchev–Trinajstić information content (AvgIpc) is 2.61. The molecule has 6 atom stereocenters. The SMILES string of the molecule is C=C1OC(O)C(C(C)O)CC1CC(CC)NC(=O)CCCCN[S+]([O-])C(C)(C)C. The van der Waals surface area contributed by atoms with Crippen molar-refractivity contribution in [2.45, 2.75) is 96.3 Å². The zero-order valence-electron chi connectivity index (χ0n) is 18.6. The number of nitrogens with one attached hydrogen (secondary N) is 2. The fourth-order valence-corrected chi connectivity index (χ4v) is 4.10. The molecule has 4 N–H and O–H groups in total. The van der Waals surface area contributed by atoms with Gasteiger partial charge in [0.2, 0.25) is 12.2 Å². The summed E-state index contributed by atoms with van der Waals surface area (Å²) in [6.07, 6.45) is 2.27. The van der Waals surface area contributed by atoms with Gasteiger partial charge in [-0.25, -0.2) is 0 Å². The normalized spacial score (nSPS) is 25.8. The van der Waals surface area contributed by atoms with Crippen molar-refractivity contribution in [1.29, 1.82) is 0 Å². The van der Waals surface area contributed by atoms with E-state index in [9.17, 15) is 19.6 Å². The lowest BCUT2D eigenvalue weighted by Gasteiger charge is -2.38.